The van der Waals surface area contributed by atoms with Crippen molar-refractivity contribution in [2.45, 2.75) is 77.4 Å². The second-order valence-corrected chi connectivity index (χ2v) is 11.8. The van der Waals surface area contributed by atoms with Crippen LogP contribution >= 0.6 is 31.9 Å². The molecule has 1 fully saturated rings. The van der Waals surface area contributed by atoms with Crippen LogP contribution in [0.15, 0.2) is 51.4 Å². The minimum atomic E-state index is -0.609. The van der Waals surface area contributed by atoms with E-state index in [1.165, 1.54) is 5.56 Å². The Labute approximate surface area is 219 Å². The first kappa shape index (κ1) is 26.7. The lowest BCUT2D eigenvalue weighted by molar-refractivity contribution is -0.142. The summed E-state index contributed by atoms with van der Waals surface area (Å²) in [5, 5.41) is 3.12. The van der Waals surface area contributed by atoms with E-state index in [0.717, 1.165) is 40.2 Å². The van der Waals surface area contributed by atoms with Crippen molar-refractivity contribution in [1.29, 1.82) is 0 Å². The molecule has 0 bridgehead atoms. The first-order valence-corrected chi connectivity index (χ1v) is 13.4. The highest BCUT2D eigenvalue weighted by atomic mass is 79.9. The van der Waals surface area contributed by atoms with Crippen molar-refractivity contribution >= 4 is 43.7 Å². The number of hydrogen-bond donors (Lipinski definition) is 1. The van der Waals surface area contributed by atoms with Gasteiger partial charge in [0.1, 0.15) is 11.8 Å². The van der Waals surface area contributed by atoms with Gasteiger partial charge in [0.2, 0.25) is 5.91 Å². The summed E-state index contributed by atoms with van der Waals surface area (Å²) in [6.45, 7) is 8.41. The van der Waals surface area contributed by atoms with Crippen molar-refractivity contribution in [3.63, 3.8) is 0 Å². The maximum absolute atomic E-state index is 13.3. The van der Waals surface area contributed by atoms with Crippen molar-refractivity contribution in [3.8, 4) is 5.75 Å². The van der Waals surface area contributed by atoms with E-state index in [1.54, 1.807) is 11.8 Å². The molecular weight excluding hydrogens is 560 g/mol. The van der Waals surface area contributed by atoms with Gasteiger partial charge in [-0.05, 0) is 76.5 Å². The first-order chi connectivity index (χ1) is 16.0. The Morgan fingerprint density at radius 1 is 1.12 bits per heavy atom. The zero-order valence-corrected chi connectivity index (χ0v) is 23.5. The van der Waals surface area contributed by atoms with Gasteiger partial charge in [0, 0.05) is 17.1 Å². The van der Waals surface area contributed by atoms with Crippen LogP contribution in [-0.2, 0) is 21.5 Å². The van der Waals surface area contributed by atoms with E-state index in [4.69, 9.17) is 4.74 Å². The van der Waals surface area contributed by atoms with Gasteiger partial charge in [-0.25, -0.2) is 0 Å². The lowest BCUT2D eigenvalue weighted by Gasteiger charge is -2.30. The van der Waals surface area contributed by atoms with E-state index in [2.05, 4.69) is 57.9 Å². The fourth-order valence-electron chi connectivity index (χ4n) is 4.11. The van der Waals surface area contributed by atoms with Gasteiger partial charge in [0.05, 0.1) is 4.47 Å². The molecule has 5 nitrogen and oxygen atoms in total. The maximum Gasteiger partial charge on any atom is 0.261 e. The number of nitrogens with one attached hydrogen (secondary N) is 1. The van der Waals surface area contributed by atoms with Gasteiger partial charge < -0.3 is 15.0 Å². The van der Waals surface area contributed by atoms with Crippen molar-refractivity contribution < 1.29 is 14.3 Å². The van der Waals surface area contributed by atoms with E-state index in [9.17, 15) is 9.59 Å². The third-order valence-electron chi connectivity index (χ3n) is 6.26. The molecule has 1 aliphatic carbocycles. The summed E-state index contributed by atoms with van der Waals surface area (Å²) in [6, 6.07) is 13.3. The molecule has 0 heterocycles. The number of halogens is 2. The summed E-state index contributed by atoms with van der Waals surface area (Å²) < 4.78 is 7.63. The van der Waals surface area contributed by atoms with Gasteiger partial charge in [0.25, 0.3) is 5.91 Å². The third kappa shape index (κ3) is 7.32. The molecule has 2 aromatic carbocycles. The molecule has 3 rings (SSSR count). The van der Waals surface area contributed by atoms with Gasteiger partial charge in [-0.15, -0.1) is 0 Å². The Hall–Kier alpha value is -1.86. The number of carbonyl (C=O) groups is 2. The first-order valence-electron chi connectivity index (χ1n) is 11.8. The second kappa shape index (κ2) is 11.7. The van der Waals surface area contributed by atoms with Gasteiger partial charge in [-0.1, -0.05) is 67.7 Å². The SMILES string of the molecule is C[C@H](C(=O)NC1CCCC1)N(Cc1cccc(Br)c1)C(=O)COc1ccc(C(C)(C)C)cc1Br. The molecule has 0 aliphatic heterocycles. The van der Waals surface area contributed by atoms with Crippen molar-refractivity contribution in [2.75, 3.05) is 6.61 Å². The summed E-state index contributed by atoms with van der Waals surface area (Å²) in [4.78, 5) is 27.9. The number of hydrogen-bond acceptors (Lipinski definition) is 3. The van der Waals surface area contributed by atoms with Crippen LogP contribution in [0.3, 0.4) is 0 Å². The quantitative estimate of drug-likeness (QED) is 0.387. The molecule has 1 atom stereocenters. The molecule has 2 amide bonds. The number of amides is 2. The molecule has 1 aliphatic rings. The summed E-state index contributed by atoms with van der Waals surface area (Å²) in [7, 11) is 0. The molecular formula is C27H34Br2N2O3. The third-order valence-corrected chi connectivity index (χ3v) is 7.37. The monoisotopic (exact) mass is 592 g/mol. The van der Waals surface area contributed by atoms with Crippen LogP contribution in [0.2, 0.25) is 0 Å². The van der Waals surface area contributed by atoms with E-state index in [-0.39, 0.29) is 29.9 Å². The number of rotatable bonds is 8. The number of ether oxygens (including phenoxy) is 1. The highest BCUT2D eigenvalue weighted by Crippen LogP contribution is 2.31. The minimum absolute atomic E-state index is 0.0136. The zero-order chi connectivity index (χ0) is 24.9. The molecule has 34 heavy (non-hydrogen) atoms. The molecule has 0 saturated heterocycles. The fourth-order valence-corrected chi connectivity index (χ4v) is 5.05. The predicted octanol–water partition coefficient (Wildman–Crippen LogP) is 6.36. The average molecular weight is 594 g/mol. The zero-order valence-electron chi connectivity index (χ0n) is 20.4. The summed E-state index contributed by atoms with van der Waals surface area (Å²) >= 11 is 7.06. The lowest BCUT2D eigenvalue weighted by Crippen LogP contribution is -2.50. The van der Waals surface area contributed by atoms with E-state index < -0.39 is 6.04 Å². The van der Waals surface area contributed by atoms with Crippen LogP contribution in [0.5, 0.6) is 5.75 Å². The van der Waals surface area contributed by atoms with Crippen LogP contribution in [0.4, 0.5) is 0 Å². The van der Waals surface area contributed by atoms with Crippen LogP contribution < -0.4 is 10.1 Å². The average Bonchev–Trinajstić information content (AvgIpc) is 3.28. The molecule has 1 N–H and O–H groups in total. The predicted molar refractivity (Wildman–Crippen MR) is 143 cm³/mol. The van der Waals surface area contributed by atoms with E-state index in [0.29, 0.717) is 12.3 Å². The number of benzene rings is 2. The topological polar surface area (TPSA) is 58.6 Å². The maximum atomic E-state index is 13.3. The van der Waals surface area contributed by atoms with E-state index >= 15 is 0 Å². The highest BCUT2D eigenvalue weighted by Gasteiger charge is 2.29. The molecule has 0 unspecified atom stereocenters. The van der Waals surface area contributed by atoms with Gasteiger partial charge in [-0.3, -0.25) is 9.59 Å². The van der Waals surface area contributed by atoms with Crippen LogP contribution in [0.1, 0.15) is 64.5 Å². The molecule has 184 valence electrons. The van der Waals surface area contributed by atoms with Crippen LogP contribution in [0.25, 0.3) is 0 Å². The molecule has 1 saturated carbocycles. The van der Waals surface area contributed by atoms with Crippen molar-refractivity contribution in [1.82, 2.24) is 10.2 Å². The highest BCUT2D eigenvalue weighted by molar-refractivity contribution is 9.10. The smallest absolute Gasteiger partial charge is 0.261 e. The Balaban J connectivity index is 1.73. The standard InChI is InChI=1S/C27H34Br2N2O3/c1-18(26(33)30-22-10-5-6-11-22)31(16-19-8-7-9-21(28)14-19)25(32)17-34-24-13-12-20(15-23(24)29)27(2,3)4/h7-9,12-15,18,22H,5-6,10-11,16-17H2,1-4H3,(H,30,33)/t18-/m1/s1. The van der Waals surface area contributed by atoms with Crippen LogP contribution in [-0.4, -0.2) is 35.4 Å². The molecule has 0 radical (unpaired) electrons. The minimum Gasteiger partial charge on any atom is -0.483 e. The fraction of sp³-hybridized carbons (Fsp3) is 0.481. The largest absolute Gasteiger partial charge is 0.483 e. The lowest BCUT2D eigenvalue weighted by atomic mass is 9.87. The number of carbonyl (C=O) groups excluding carboxylic acids is 2. The normalized spacial score (nSPS) is 15.1. The Morgan fingerprint density at radius 2 is 1.82 bits per heavy atom. The second-order valence-electron chi connectivity index (χ2n) is 10.0. The summed E-state index contributed by atoms with van der Waals surface area (Å²) in [5.74, 6) is 0.249. The molecule has 0 spiro atoms. The summed E-state index contributed by atoms with van der Waals surface area (Å²) in [6.07, 6.45) is 4.27. The Bertz CT molecular complexity index is 1010. The van der Waals surface area contributed by atoms with Gasteiger partial charge in [0.15, 0.2) is 6.61 Å². The molecule has 2 aromatic rings. The Kier molecular flexibility index (Phi) is 9.21. The summed E-state index contributed by atoms with van der Waals surface area (Å²) in [5.41, 5.74) is 2.13. The Morgan fingerprint density at radius 3 is 2.44 bits per heavy atom. The molecule has 7 heteroatoms. The van der Waals surface area contributed by atoms with E-state index in [1.807, 2.05) is 42.5 Å². The van der Waals surface area contributed by atoms with Crippen LogP contribution in [0, 0.1) is 0 Å². The molecule has 0 aromatic heterocycles. The van der Waals surface area contributed by atoms with Gasteiger partial charge >= 0.3 is 0 Å². The van der Waals surface area contributed by atoms with Gasteiger partial charge in [-0.2, -0.15) is 0 Å². The van der Waals surface area contributed by atoms with Crippen molar-refractivity contribution in [2.24, 2.45) is 0 Å². The number of nitrogens with zero attached hydrogens (tertiary/aromatic N) is 1. The van der Waals surface area contributed by atoms with Crippen molar-refractivity contribution in [3.05, 3.63) is 62.5 Å².